The highest BCUT2D eigenvalue weighted by atomic mass is 16.5. The van der Waals surface area contributed by atoms with Gasteiger partial charge in [-0.25, -0.2) is 0 Å². The van der Waals surface area contributed by atoms with Gasteiger partial charge in [-0.2, -0.15) is 0 Å². The molecule has 0 saturated carbocycles. The number of carbonyl (C=O) groups is 2. The molecule has 2 aromatic rings. The molecular weight excluding hydrogens is 284 g/mol. The van der Waals surface area contributed by atoms with Crippen LogP contribution in [0, 0.1) is 0 Å². The molecule has 0 saturated heterocycles. The number of esters is 1. The van der Waals surface area contributed by atoms with Crippen molar-refractivity contribution in [3.05, 3.63) is 47.9 Å². The minimum atomic E-state index is -0.322. The molecule has 0 N–H and O–H groups in total. The number of carbonyl (C=O) groups excluding carboxylic acids is 2. The van der Waals surface area contributed by atoms with E-state index in [1.165, 1.54) is 13.4 Å². The van der Waals surface area contributed by atoms with Crippen LogP contribution in [0.5, 0.6) is 0 Å². The largest absolute Gasteiger partial charge is 0.469 e. The summed E-state index contributed by atoms with van der Waals surface area (Å²) in [6.07, 6.45) is 2.17. The monoisotopic (exact) mass is 300 g/mol. The molecule has 1 amide bonds. The van der Waals surface area contributed by atoms with Gasteiger partial charge in [0.05, 0.1) is 25.1 Å². The van der Waals surface area contributed by atoms with E-state index in [1.807, 2.05) is 24.3 Å². The van der Waals surface area contributed by atoms with Crippen LogP contribution in [-0.4, -0.2) is 30.7 Å². The van der Waals surface area contributed by atoms with Crippen LogP contribution in [0.2, 0.25) is 0 Å². The standard InChI is InChI=1S/C16H16N2O4/c1-21-16(20)13-6-8-18(14-5-3-2-4-12(13)14)15(19)10-11-7-9-22-17-11/h2-5,7,9,13H,6,8,10H2,1H3/t13-/m0/s1. The number of aromatic nitrogens is 1. The van der Waals surface area contributed by atoms with Crippen LogP contribution in [0.25, 0.3) is 0 Å². The van der Waals surface area contributed by atoms with Crippen molar-refractivity contribution in [2.75, 3.05) is 18.6 Å². The third kappa shape index (κ3) is 2.59. The number of rotatable bonds is 3. The van der Waals surface area contributed by atoms with Crippen molar-refractivity contribution in [2.24, 2.45) is 0 Å². The van der Waals surface area contributed by atoms with Crippen molar-refractivity contribution >= 4 is 17.6 Å². The fourth-order valence-electron chi connectivity index (χ4n) is 2.79. The highest BCUT2D eigenvalue weighted by Gasteiger charge is 2.33. The smallest absolute Gasteiger partial charge is 0.313 e. The fraction of sp³-hybridized carbons (Fsp3) is 0.312. The van der Waals surface area contributed by atoms with E-state index in [-0.39, 0.29) is 24.2 Å². The normalized spacial score (nSPS) is 17.0. The van der Waals surface area contributed by atoms with Gasteiger partial charge in [-0.15, -0.1) is 0 Å². The van der Waals surface area contributed by atoms with Crippen LogP contribution >= 0.6 is 0 Å². The number of amides is 1. The van der Waals surface area contributed by atoms with Crippen LogP contribution in [0.3, 0.4) is 0 Å². The Hall–Kier alpha value is -2.63. The highest BCUT2D eigenvalue weighted by molar-refractivity contribution is 5.97. The van der Waals surface area contributed by atoms with Crippen LogP contribution in [0.4, 0.5) is 5.69 Å². The molecule has 114 valence electrons. The fourth-order valence-corrected chi connectivity index (χ4v) is 2.79. The molecule has 6 nitrogen and oxygen atoms in total. The number of benzene rings is 1. The highest BCUT2D eigenvalue weighted by Crippen LogP contribution is 2.36. The van der Waals surface area contributed by atoms with E-state index in [1.54, 1.807) is 11.0 Å². The van der Waals surface area contributed by atoms with E-state index in [2.05, 4.69) is 5.16 Å². The molecule has 0 unspecified atom stereocenters. The van der Waals surface area contributed by atoms with Gasteiger partial charge in [0.25, 0.3) is 0 Å². The maximum absolute atomic E-state index is 12.5. The number of ether oxygens (including phenoxy) is 1. The maximum atomic E-state index is 12.5. The Labute approximate surface area is 127 Å². The number of hydrogen-bond donors (Lipinski definition) is 0. The first kappa shape index (κ1) is 14.3. The van der Waals surface area contributed by atoms with Crippen molar-refractivity contribution in [2.45, 2.75) is 18.8 Å². The third-order valence-corrected chi connectivity index (χ3v) is 3.85. The predicted molar refractivity (Wildman–Crippen MR) is 78.4 cm³/mol. The molecule has 0 spiro atoms. The van der Waals surface area contributed by atoms with Gasteiger partial charge < -0.3 is 14.2 Å². The number of methoxy groups -OCH3 is 1. The van der Waals surface area contributed by atoms with E-state index in [4.69, 9.17) is 9.26 Å². The van der Waals surface area contributed by atoms with Crippen molar-refractivity contribution < 1.29 is 18.8 Å². The Morgan fingerprint density at radius 1 is 1.36 bits per heavy atom. The molecule has 0 radical (unpaired) electrons. The first-order chi connectivity index (χ1) is 10.7. The molecule has 0 fully saturated rings. The van der Waals surface area contributed by atoms with Gasteiger partial charge in [-0.1, -0.05) is 23.4 Å². The SMILES string of the molecule is COC(=O)[C@H]1CCN(C(=O)Cc2ccon2)c2ccccc21. The summed E-state index contributed by atoms with van der Waals surface area (Å²) in [5.74, 6) is -0.655. The summed E-state index contributed by atoms with van der Waals surface area (Å²) in [7, 11) is 1.38. The van der Waals surface area contributed by atoms with E-state index in [0.29, 0.717) is 18.7 Å². The first-order valence-corrected chi connectivity index (χ1v) is 7.07. The lowest BCUT2D eigenvalue weighted by molar-refractivity contribution is -0.142. The number of para-hydroxylation sites is 1. The summed E-state index contributed by atoms with van der Waals surface area (Å²) in [5.41, 5.74) is 2.18. The van der Waals surface area contributed by atoms with Crippen LogP contribution in [0.1, 0.15) is 23.6 Å². The lowest BCUT2D eigenvalue weighted by Crippen LogP contribution is -2.39. The molecule has 2 heterocycles. The molecule has 0 bridgehead atoms. The van der Waals surface area contributed by atoms with Crippen molar-refractivity contribution in [1.29, 1.82) is 0 Å². The molecule has 6 heteroatoms. The van der Waals surface area contributed by atoms with E-state index < -0.39 is 0 Å². The molecule has 0 aliphatic carbocycles. The molecule has 1 aliphatic rings. The van der Waals surface area contributed by atoms with Crippen LogP contribution < -0.4 is 4.90 Å². The first-order valence-electron chi connectivity index (χ1n) is 7.07. The van der Waals surface area contributed by atoms with Crippen LogP contribution in [0.15, 0.2) is 41.1 Å². The van der Waals surface area contributed by atoms with E-state index in [0.717, 1.165) is 11.3 Å². The molecule has 1 atom stereocenters. The second kappa shape index (κ2) is 6.01. The number of nitrogens with zero attached hydrogens (tertiary/aromatic N) is 2. The Kier molecular flexibility index (Phi) is 3.91. The summed E-state index contributed by atoms with van der Waals surface area (Å²) < 4.78 is 9.62. The quantitative estimate of drug-likeness (QED) is 0.810. The Morgan fingerprint density at radius 2 is 2.18 bits per heavy atom. The Balaban J connectivity index is 1.87. The average molecular weight is 300 g/mol. The molecule has 1 aromatic heterocycles. The van der Waals surface area contributed by atoms with Gasteiger partial charge in [-0.05, 0) is 18.1 Å². The lowest BCUT2D eigenvalue weighted by Gasteiger charge is -2.33. The zero-order chi connectivity index (χ0) is 15.5. The van der Waals surface area contributed by atoms with Gasteiger partial charge in [0, 0.05) is 18.3 Å². The maximum Gasteiger partial charge on any atom is 0.313 e. The van der Waals surface area contributed by atoms with Crippen molar-refractivity contribution in [3.8, 4) is 0 Å². The van der Waals surface area contributed by atoms with Crippen LogP contribution in [-0.2, 0) is 20.7 Å². The number of hydrogen-bond acceptors (Lipinski definition) is 5. The second-order valence-corrected chi connectivity index (χ2v) is 5.14. The summed E-state index contributed by atoms with van der Waals surface area (Å²) in [6, 6.07) is 9.11. The van der Waals surface area contributed by atoms with Gasteiger partial charge in [0.2, 0.25) is 5.91 Å². The molecule has 1 aromatic carbocycles. The summed E-state index contributed by atoms with van der Waals surface area (Å²) >= 11 is 0. The average Bonchev–Trinajstić information content (AvgIpc) is 3.06. The van der Waals surface area contributed by atoms with Gasteiger partial charge in [0.15, 0.2) is 0 Å². The molecule has 1 aliphatic heterocycles. The summed E-state index contributed by atoms with van der Waals surface area (Å²) in [4.78, 5) is 26.1. The van der Waals surface area contributed by atoms with Crippen molar-refractivity contribution in [3.63, 3.8) is 0 Å². The van der Waals surface area contributed by atoms with Gasteiger partial charge in [-0.3, -0.25) is 9.59 Å². The summed E-state index contributed by atoms with van der Waals surface area (Å²) in [6.45, 7) is 0.480. The Morgan fingerprint density at radius 3 is 2.91 bits per heavy atom. The van der Waals surface area contributed by atoms with Crippen molar-refractivity contribution in [1.82, 2.24) is 5.16 Å². The molecule has 3 rings (SSSR count). The minimum absolute atomic E-state index is 0.0651. The van der Waals surface area contributed by atoms with Gasteiger partial charge in [0.1, 0.15) is 6.26 Å². The lowest BCUT2D eigenvalue weighted by atomic mass is 9.89. The number of anilines is 1. The van der Waals surface area contributed by atoms with E-state index in [9.17, 15) is 9.59 Å². The minimum Gasteiger partial charge on any atom is -0.469 e. The predicted octanol–water partition coefficient (Wildman–Crippen LogP) is 1.91. The van der Waals surface area contributed by atoms with Gasteiger partial charge >= 0.3 is 5.97 Å². The molecule has 22 heavy (non-hydrogen) atoms. The third-order valence-electron chi connectivity index (χ3n) is 3.85. The topological polar surface area (TPSA) is 72.6 Å². The number of fused-ring (bicyclic) bond motifs is 1. The Bertz CT molecular complexity index is 681. The zero-order valence-corrected chi connectivity index (χ0v) is 12.2. The second-order valence-electron chi connectivity index (χ2n) is 5.14. The van der Waals surface area contributed by atoms with E-state index >= 15 is 0 Å². The molecular formula is C16H16N2O4. The summed E-state index contributed by atoms with van der Waals surface area (Å²) in [5, 5.41) is 3.77. The zero-order valence-electron chi connectivity index (χ0n) is 12.2.